The van der Waals surface area contributed by atoms with Gasteiger partial charge in [-0.1, -0.05) is 27.7 Å². The number of rotatable bonds is 2. The van der Waals surface area contributed by atoms with Gasteiger partial charge in [0.05, 0.1) is 6.07 Å². The Morgan fingerprint density at radius 3 is 2.71 bits per heavy atom. The van der Waals surface area contributed by atoms with Crippen LogP contribution >= 0.6 is 0 Å². The smallest absolute Gasteiger partial charge is 0.109 e. The van der Waals surface area contributed by atoms with Gasteiger partial charge in [-0.2, -0.15) is 5.26 Å². The van der Waals surface area contributed by atoms with E-state index in [2.05, 4.69) is 62.5 Å². The first-order chi connectivity index (χ1) is 10.0. The lowest BCUT2D eigenvalue weighted by Crippen LogP contribution is -2.59. The van der Waals surface area contributed by atoms with Crippen LogP contribution in [0.15, 0.2) is 35.3 Å². The molecule has 1 aliphatic carbocycles. The summed E-state index contributed by atoms with van der Waals surface area (Å²) in [6, 6.07) is 2.38. The molecule has 112 valence electrons. The van der Waals surface area contributed by atoms with Gasteiger partial charge in [0.25, 0.3) is 0 Å². The number of hydrogen-bond donors (Lipinski definition) is 1. The molecule has 3 nitrogen and oxygen atoms in total. The van der Waals surface area contributed by atoms with Crippen molar-refractivity contribution in [3.63, 3.8) is 0 Å². The van der Waals surface area contributed by atoms with Crippen LogP contribution in [0.5, 0.6) is 0 Å². The Morgan fingerprint density at radius 2 is 2.10 bits per heavy atom. The zero-order valence-electron chi connectivity index (χ0n) is 13.5. The Hall–Kier alpha value is -1.69. The minimum Gasteiger partial charge on any atom is -0.369 e. The van der Waals surface area contributed by atoms with Crippen molar-refractivity contribution >= 4 is 0 Å². The van der Waals surface area contributed by atoms with Crippen LogP contribution in [0.25, 0.3) is 0 Å². The minimum absolute atomic E-state index is 0.0970. The van der Waals surface area contributed by atoms with Gasteiger partial charge in [0.2, 0.25) is 0 Å². The molecular weight excluding hydrogens is 258 g/mol. The summed E-state index contributed by atoms with van der Waals surface area (Å²) in [7, 11) is 0. The third-order valence-corrected chi connectivity index (χ3v) is 6.38. The van der Waals surface area contributed by atoms with Gasteiger partial charge in [-0.05, 0) is 37.3 Å². The number of nitriles is 1. The van der Waals surface area contributed by atoms with E-state index in [1.54, 1.807) is 0 Å². The average molecular weight is 283 g/mol. The van der Waals surface area contributed by atoms with Crippen LogP contribution in [0.2, 0.25) is 0 Å². The number of hydrogen-bond acceptors (Lipinski definition) is 3. The van der Waals surface area contributed by atoms with Crippen LogP contribution in [-0.2, 0) is 0 Å². The largest absolute Gasteiger partial charge is 0.369 e. The van der Waals surface area contributed by atoms with Crippen LogP contribution < -0.4 is 5.32 Å². The lowest BCUT2D eigenvalue weighted by atomic mass is 9.54. The SMILES string of the molecule is CCC1(C)C2=C(CCC(C#N)=C2)N2C=CNC2C1(C)CC. The summed E-state index contributed by atoms with van der Waals surface area (Å²) in [6.07, 6.45) is 10.8. The van der Waals surface area contributed by atoms with E-state index in [1.165, 1.54) is 11.3 Å². The molecule has 0 spiro atoms. The highest BCUT2D eigenvalue weighted by Gasteiger charge is 2.56. The Morgan fingerprint density at radius 1 is 1.33 bits per heavy atom. The fourth-order valence-corrected chi connectivity index (χ4v) is 4.46. The molecule has 2 aliphatic heterocycles. The van der Waals surface area contributed by atoms with Crippen molar-refractivity contribution in [1.29, 1.82) is 5.26 Å². The van der Waals surface area contributed by atoms with E-state index in [1.807, 2.05) is 0 Å². The van der Waals surface area contributed by atoms with E-state index in [0.717, 1.165) is 31.3 Å². The van der Waals surface area contributed by atoms with Gasteiger partial charge >= 0.3 is 0 Å². The van der Waals surface area contributed by atoms with E-state index in [4.69, 9.17) is 0 Å². The predicted octanol–water partition coefficient (Wildman–Crippen LogP) is 4.03. The molecule has 0 aromatic rings. The van der Waals surface area contributed by atoms with Crippen LogP contribution in [0.4, 0.5) is 0 Å². The monoisotopic (exact) mass is 283 g/mol. The van der Waals surface area contributed by atoms with Crippen molar-refractivity contribution in [2.24, 2.45) is 10.8 Å². The molecule has 0 bridgehead atoms. The van der Waals surface area contributed by atoms with Crippen LogP contribution in [0.3, 0.4) is 0 Å². The average Bonchev–Trinajstić information content (AvgIpc) is 3.02. The van der Waals surface area contributed by atoms with Crippen molar-refractivity contribution < 1.29 is 0 Å². The molecule has 0 saturated heterocycles. The molecule has 0 amide bonds. The van der Waals surface area contributed by atoms with Gasteiger partial charge in [0.15, 0.2) is 0 Å². The van der Waals surface area contributed by atoms with Crippen LogP contribution in [-0.4, -0.2) is 11.1 Å². The molecule has 21 heavy (non-hydrogen) atoms. The lowest BCUT2D eigenvalue weighted by molar-refractivity contribution is -0.0103. The minimum atomic E-state index is 0.0970. The zero-order chi connectivity index (χ0) is 15.3. The quantitative estimate of drug-likeness (QED) is 0.831. The topological polar surface area (TPSA) is 39.1 Å². The second-order valence-electron chi connectivity index (χ2n) is 6.89. The maximum atomic E-state index is 9.32. The van der Waals surface area contributed by atoms with Crippen molar-refractivity contribution in [2.45, 2.75) is 59.5 Å². The molecule has 0 fully saturated rings. The number of nitrogens with one attached hydrogen (secondary N) is 1. The Kier molecular flexibility index (Phi) is 3.16. The molecular formula is C18H25N3. The molecule has 2 heterocycles. The van der Waals surface area contributed by atoms with Gasteiger partial charge in [-0.15, -0.1) is 0 Å². The predicted molar refractivity (Wildman–Crippen MR) is 84.7 cm³/mol. The second-order valence-corrected chi connectivity index (χ2v) is 6.89. The highest BCUT2D eigenvalue weighted by molar-refractivity contribution is 5.47. The van der Waals surface area contributed by atoms with Crippen molar-refractivity contribution in [3.8, 4) is 6.07 Å². The van der Waals surface area contributed by atoms with Gasteiger partial charge in [0.1, 0.15) is 6.17 Å². The Labute approximate surface area is 128 Å². The van der Waals surface area contributed by atoms with Crippen LogP contribution in [0.1, 0.15) is 53.4 Å². The van der Waals surface area contributed by atoms with Gasteiger partial charge in [-0.3, -0.25) is 0 Å². The van der Waals surface area contributed by atoms with Crippen molar-refractivity contribution in [3.05, 3.63) is 35.3 Å². The Balaban J connectivity index is 2.23. The van der Waals surface area contributed by atoms with E-state index < -0.39 is 0 Å². The highest BCUT2D eigenvalue weighted by Crippen LogP contribution is 2.59. The lowest BCUT2D eigenvalue weighted by Gasteiger charge is -2.58. The summed E-state index contributed by atoms with van der Waals surface area (Å²) in [5.41, 5.74) is 3.97. The molecule has 3 atom stereocenters. The summed E-state index contributed by atoms with van der Waals surface area (Å²) >= 11 is 0. The molecule has 0 saturated carbocycles. The molecule has 1 N–H and O–H groups in total. The summed E-state index contributed by atoms with van der Waals surface area (Å²) < 4.78 is 0. The maximum absolute atomic E-state index is 9.32. The third kappa shape index (κ3) is 1.65. The third-order valence-electron chi connectivity index (χ3n) is 6.38. The molecule has 3 rings (SSSR count). The molecule has 0 aromatic carbocycles. The molecule has 0 radical (unpaired) electrons. The fourth-order valence-electron chi connectivity index (χ4n) is 4.46. The van der Waals surface area contributed by atoms with Gasteiger partial charge < -0.3 is 10.2 Å². The van der Waals surface area contributed by atoms with E-state index >= 15 is 0 Å². The molecule has 3 unspecified atom stereocenters. The maximum Gasteiger partial charge on any atom is 0.109 e. The first-order valence-electron chi connectivity index (χ1n) is 8.07. The number of fused-ring (bicyclic) bond motifs is 2. The standard InChI is InChI=1S/C18H25N3/c1-5-17(3)14-11-13(12-19)7-8-15(14)21-10-9-20-16(21)18(17,4)6-2/h9-11,16,20H,5-8H2,1-4H3. The van der Waals surface area contributed by atoms with Crippen molar-refractivity contribution in [1.82, 2.24) is 10.2 Å². The van der Waals surface area contributed by atoms with Crippen molar-refractivity contribution in [2.75, 3.05) is 0 Å². The van der Waals surface area contributed by atoms with E-state index in [9.17, 15) is 5.26 Å². The summed E-state index contributed by atoms with van der Waals surface area (Å²) in [6.45, 7) is 9.35. The van der Waals surface area contributed by atoms with E-state index in [-0.39, 0.29) is 10.8 Å². The highest BCUT2D eigenvalue weighted by atomic mass is 15.3. The zero-order valence-corrected chi connectivity index (χ0v) is 13.5. The van der Waals surface area contributed by atoms with Gasteiger partial charge in [0, 0.05) is 34.5 Å². The van der Waals surface area contributed by atoms with Gasteiger partial charge in [-0.25, -0.2) is 0 Å². The summed E-state index contributed by atoms with van der Waals surface area (Å²) in [5, 5.41) is 12.9. The van der Waals surface area contributed by atoms with Crippen LogP contribution in [0, 0.1) is 22.2 Å². The first-order valence-corrected chi connectivity index (χ1v) is 8.07. The molecule has 3 aliphatic rings. The summed E-state index contributed by atoms with van der Waals surface area (Å²) in [4.78, 5) is 2.42. The van der Waals surface area contributed by atoms with E-state index in [0.29, 0.717) is 6.17 Å². The second kappa shape index (κ2) is 4.66. The fraction of sp³-hybridized carbons (Fsp3) is 0.611. The molecule has 0 aromatic heterocycles. The number of allylic oxidation sites excluding steroid dienone is 4. The summed E-state index contributed by atoms with van der Waals surface area (Å²) in [5.74, 6) is 0. The first kappa shape index (κ1) is 14.3. The molecule has 3 heteroatoms. The number of nitrogens with zero attached hydrogens (tertiary/aromatic N) is 2. The normalized spacial score (nSPS) is 37.6. The Bertz CT molecular complexity index is 592.